The van der Waals surface area contributed by atoms with Crippen LogP contribution in [0.15, 0.2) is 0 Å². The molecule has 0 saturated carbocycles. The SMILES string of the molecule is CCC(C)OCC1CCC(C)OC(CC)O1. The normalized spacial score (nSPS) is 33.4. The Morgan fingerprint density at radius 2 is 2.00 bits per heavy atom. The summed E-state index contributed by atoms with van der Waals surface area (Å²) in [6, 6.07) is 0. The Kier molecular flexibility index (Phi) is 6.32. The lowest BCUT2D eigenvalue weighted by molar-refractivity contribution is -0.184. The predicted octanol–water partition coefficient (Wildman–Crippen LogP) is 3.12. The summed E-state index contributed by atoms with van der Waals surface area (Å²) < 4.78 is 17.4. The van der Waals surface area contributed by atoms with Crippen molar-refractivity contribution < 1.29 is 14.2 Å². The van der Waals surface area contributed by atoms with E-state index in [2.05, 4.69) is 27.7 Å². The van der Waals surface area contributed by atoms with E-state index in [1.807, 2.05) is 0 Å². The smallest absolute Gasteiger partial charge is 0.158 e. The van der Waals surface area contributed by atoms with Crippen LogP contribution in [0.25, 0.3) is 0 Å². The summed E-state index contributed by atoms with van der Waals surface area (Å²) in [6.07, 6.45) is 4.83. The summed E-state index contributed by atoms with van der Waals surface area (Å²) in [5.41, 5.74) is 0. The van der Waals surface area contributed by atoms with Gasteiger partial charge in [-0.3, -0.25) is 0 Å². The van der Waals surface area contributed by atoms with E-state index in [1.165, 1.54) is 0 Å². The van der Waals surface area contributed by atoms with Crippen molar-refractivity contribution in [3.8, 4) is 0 Å². The van der Waals surface area contributed by atoms with Gasteiger partial charge in [-0.25, -0.2) is 0 Å². The van der Waals surface area contributed by atoms with Crippen LogP contribution in [0.3, 0.4) is 0 Å². The summed E-state index contributed by atoms with van der Waals surface area (Å²) in [6.45, 7) is 9.15. The Balaban J connectivity index is 2.34. The molecule has 0 aromatic carbocycles. The maximum Gasteiger partial charge on any atom is 0.158 e. The molecule has 0 aromatic heterocycles. The largest absolute Gasteiger partial charge is 0.376 e. The summed E-state index contributed by atoms with van der Waals surface area (Å²) >= 11 is 0. The van der Waals surface area contributed by atoms with Gasteiger partial charge < -0.3 is 14.2 Å². The fourth-order valence-electron chi connectivity index (χ4n) is 1.77. The summed E-state index contributed by atoms with van der Waals surface area (Å²) in [4.78, 5) is 0. The molecule has 0 bridgehead atoms. The third kappa shape index (κ3) is 4.81. The van der Waals surface area contributed by atoms with E-state index in [9.17, 15) is 0 Å². The van der Waals surface area contributed by atoms with Gasteiger partial charge in [-0.2, -0.15) is 0 Å². The Morgan fingerprint density at radius 1 is 1.25 bits per heavy atom. The van der Waals surface area contributed by atoms with Gasteiger partial charge >= 0.3 is 0 Å². The average molecular weight is 230 g/mol. The molecular weight excluding hydrogens is 204 g/mol. The highest BCUT2D eigenvalue weighted by molar-refractivity contribution is 4.67. The first kappa shape index (κ1) is 13.9. The van der Waals surface area contributed by atoms with Crippen LogP contribution < -0.4 is 0 Å². The zero-order valence-corrected chi connectivity index (χ0v) is 11.1. The zero-order valence-electron chi connectivity index (χ0n) is 11.1. The minimum Gasteiger partial charge on any atom is -0.376 e. The van der Waals surface area contributed by atoms with Crippen molar-refractivity contribution in [2.75, 3.05) is 6.61 Å². The monoisotopic (exact) mass is 230 g/mol. The third-order valence-electron chi connectivity index (χ3n) is 3.10. The van der Waals surface area contributed by atoms with E-state index in [4.69, 9.17) is 14.2 Å². The van der Waals surface area contributed by atoms with Gasteiger partial charge in [0.1, 0.15) is 0 Å². The van der Waals surface area contributed by atoms with Gasteiger partial charge in [0.15, 0.2) is 6.29 Å². The van der Waals surface area contributed by atoms with E-state index in [1.54, 1.807) is 0 Å². The van der Waals surface area contributed by atoms with Gasteiger partial charge in [0, 0.05) is 0 Å². The topological polar surface area (TPSA) is 27.7 Å². The lowest BCUT2D eigenvalue weighted by atomic mass is 10.1. The van der Waals surface area contributed by atoms with Gasteiger partial charge in [0.2, 0.25) is 0 Å². The molecule has 1 heterocycles. The molecule has 1 rings (SSSR count). The zero-order chi connectivity index (χ0) is 12.0. The number of hydrogen-bond acceptors (Lipinski definition) is 3. The van der Waals surface area contributed by atoms with Crippen LogP contribution in [0.4, 0.5) is 0 Å². The molecule has 3 heteroatoms. The van der Waals surface area contributed by atoms with Crippen molar-refractivity contribution in [3.63, 3.8) is 0 Å². The van der Waals surface area contributed by atoms with Gasteiger partial charge in [-0.15, -0.1) is 0 Å². The van der Waals surface area contributed by atoms with Crippen LogP contribution in [0.2, 0.25) is 0 Å². The van der Waals surface area contributed by atoms with Gasteiger partial charge in [-0.05, 0) is 39.5 Å². The van der Waals surface area contributed by atoms with Crippen molar-refractivity contribution >= 4 is 0 Å². The second kappa shape index (κ2) is 7.25. The van der Waals surface area contributed by atoms with Crippen molar-refractivity contribution in [3.05, 3.63) is 0 Å². The highest BCUT2D eigenvalue weighted by Crippen LogP contribution is 2.20. The fourth-order valence-corrected chi connectivity index (χ4v) is 1.77. The molecule has 1 fully saturated rings. The van der Waals surface area contributed by atoms with Crippen molar-refractivity contribution in [2.24, 2.45) is 0 Å². The average Bonchev–Trinajstić information content (AvgIpc) is 2.47. The van der Waals surface area contributed by atoms with E-state index >= 15 is 0 Å². The van der Waals surface area contributed by atoms with Crippen molar-refractivity contribution in [1.29, 1.82) is 0 Å². The molecule has 0 spiro atoms. The quantitative estimate of drug-likeness (QED) is 0.726. The molecule has 16 heavy (non-hydrogen) atoms. The molecular formula is C13H26O3. The molecule has 96 valence electrons. The van der Waals surface area contributed by atoms with Crippen molar-refractivity contribution in [1.82, 2.24) is 0 Å². The molecule has 0 aliphatic carbocycles. The first-order valence-electron chi connectivity index (χ1n) is 6.58. The maximum atomic E-state index is 5.88. The van der Waals surface area contributed by atoms with Crippen molar-refractivity contribution in [2.45, 2.75) is 78.0 Å². The lowest BCUT2D eigenvalue weighted by Crippen LogP contribution is -2.27. The maximum absolute atomic E-state index is 5.88. The standard InChI is InChI=1S/C13H26O3/c1-5-10(3)14-9-12-8-7-11(4)15-13(6-2)16-12/h10-13H,5-9H2,1-4H3. The number of hydrogen-bond donors (Lipinski definition) is 0. The molecule has 1 aliphatic heterocycles. The Bertz CT molecular complexity index is 184. The summed E-state index contributed by atoms with van der Waals surface area (Å²) in [5.74, 6) is 0. The predicted molar refractivity (Wildman–Crippen MR) is 64.4 cm³/mol. The first-order chi connectivity index (χ1) is 7.65. The summed E-state index contributed by atoms with van der Waals surface area (Å²) in [5, 5.41) is 0. The molecule has 0 amide bonds. The molecule has 1 aliphatic rings. The highest BCUT2D eigenvalue weighted by atomic mass is 16.7. The number of rotatable bonds is 5. The van der Waals surface area contributed by atoms with E-state index in [0.29, 0.717) is 18.8 Å². The Morgan fingerprint density at radius 3 is 2.62 bits per heavy atom. The third-order valence-corrected chi connectivity index (χ3v) is 3.10. The van der Waals surface area contributed by atoms with Crippen LogP contribution in [0.1, 0.15) is 53.4 Å². The molecule has 3 nitrogen and oxygen atoms in total. The first-order valence-corrected chi connectivity index (χ1v) is 6.58. The second-order valence-electron chi connectivity index (χ2n) is 4.67. The fraction of sp³-hybridized carbons (Fsp3) is 1.00. The Hall–Kier alpha value is -0.120. The molecule has 1 saturated heterocycles. The van der Waals surface area contributed by atoms with Crippen LogP contribution >= 0.6 is 0 Å². The lowest BCUT2D eigenvalue weighted by Gasteiger charge is -2.22. The van der Waals surface area contributed by atoms with E-state index < -0.39 is 0 Å². The van der Waals surface area contributed by atoms with Crippen LogP contribution in [0, 0.1) is 0 Å². The molecule has 0 aromatic rings. The summed E-state index contributed by atoms with van der Waals surface area (Å²) in [7, 11) is 0. The molecule has 0 radical (unpaired) electrons. The van der Waals surface area contributed by atoms with Gasteiger partial charge in [0.25, 0.3) is 0 Å². The minimum atomic E-state index is -0.0527. The molecule has 4 unspecified atom stereocenters. The van der Waals surface area contributed by atoms with Crippen LogP contribution in [-0.2, 0) is 14.2 Å². The minimum absolute atomic E-state index is 0.0527. The van der Waals surface area contributed by atoms with Gasteiger partial charge in [0.05, 0.1) is 24.9 Å². The molecule has 0 N–H and O–H groups in total. The van der Waals surface area contributed by atoms with Crippen LogP contribution in [0.5, 0.6) is 0 Å². The molecule has 4 atom stereocenters. The van der Waals surface area contributed by atoms with E-state index in [-0.39, 0.29) is 12.4 Å². The van der Waals surface area contributed by atoms with Gasteiger partial charge in [-0.1, -0.05) is 13.8 Å². The number of ether oxygens (including phenoxy) is 3. The second-order valence-corrected chi connectivity index (χ2v) is 4.67. The van der Waals surface area contributed by atoms with E-state index in [0.717, 1.165) is 25.7 Å². The Labute approximate surface area is 99.5 Å². The van der Waals surface area contributed by atoms with Crippen LogP contribution in [-0.4, -0.2) is 31.2 Å². The highest BCUT2D eigenvalue weighted by Gasteiger charge is 2.23.